The molecule has 0 heterocycles. The first-order chi connectivity index (χ1) is 8.67. The maximum atomic E-state index is 11.6. The van der Waals surface area contributed by atoms with E-state index in [9.17, 15) is 9.59 Å². The van der Waals surface area contributed by atoms with Gasteiger partial charge < -0.3 is 16.0 Å². The minimum Gasteiger partial charge on any atom is -0.352 e. The number of hydrogen-bond donors (Lipinski definition) is 3. The fourth-order valence-electron chi connectivity index (χ4n) is 1.44. The van der Waals surface area contributed by atoms with Crippen molar-refractivity contribution in [2.75, 3.05) is 25.0 Å². The Bertz CT molecular complexity index is 418. The lowest BCUT2D eigenvalue weighted by Crippen LogP contribution is -2.28. The van der Waals surface area contributed by atoms with Gasteiger partial charge in [-0.15, -0.1) is 0 Å². The summed E-state index contributed by atoms with van der Waals surface area (Å²) in [6.07, 6.45) is 0. The van der Waals surface area contributed by atoms with E-state index >= 15 is 0 Å². The molecule has 0 aliphatic rings. The zero-order chi connectivity index (χ0) is 13.4. The molecule has 0 fully saturated rings. The van der Waals surface area contributed by atoms with Gasteiger partial charge >= 0.3 is 0 Å². The molecule has 5 heteroatoms. The molecule has 5 nitrogen and oxygen atoms in total. The molecule has 1 rings (SSSR count). The molecule has 0 bridgehead atoms. The molecule has 18 heavy (non-hydrogen) atoms. The van der Waals surface area contributed by atoms with Gasteiger partial charge in [-0.05, 0) is 31.7 Å². The first-order valence-corrected chi connectivity index (χ1v) is 6.06. The molecule has 98 valence electrons. The number of likely N-dealkylation sites (N-methyl/N-ethyl adjacent to an activating group) is 1. The number of nitrogens with one attached hydrogen (secondary N) is 3. The third kappa shape index (κ3) is 4.55. The Balaban J connectivity index is 2.64. The SMILES string of the molecule is CCNCC(=O)Nc1cccc(C(=O)NCC)c1. The van der Waals surface area contributed by atoms with Crippen LogP contribution in [-0.2, 0) is 4.79 Å². The number of amides is 2. The van der Waals surface area contributed by atoms with Crippen molar-refractivity contribution in [3.05, 3.63) is 29.8 Å². The Morgan fingerprint density at radius 2 is 1.94 bits per heavy atom. The zero-order valence-electron chi connectivity index (χ0n) is 10.7. The number of carbonyl (C=O) groups is 2. The van der Waals surface area contributed by atoms with Crippen molar-refractivity contribution >= 4 is 17.5 Å². The summed E-state index contributed by atoms with van der Waals surface area (Å²) in [5.74, 6) is -0.259. The van der Waals surface area contributed by atoms with Crippen molar-refractivity contribution in [3.63, 3.8) is 0 Å². The van der Waals surface area contributed by atoms with Gasteiger partial charge in [0.1, 0.15) is 0 Å². The van der Waals surface area contributed by atoms with Crippen LogP contribution in [0.3, 0.4) is 0 Å². The van der Waals surface area contributed by atoms with Crippen molar-refractivity contribution in [1.29, 1.82) is 0 Å². The van der Waals surface area contributed by atoms with Crippen LogP contribution in [0.2, 0.25) is 0 Å². The lowest BCUT2D eigenvalue weighted by Gasteiger charge is -2.07. The van der Waals surface area contributed by atoms with Crippen LogP contribution in [0.1, 0.15) is 24.2 Å². The van der Waals surface area contributed by atoms with Gasteiger partial charge in [0.2, 0.25) is 5.91 Å². The highest BCUT2D eigenvalue weighted by molar-refractivity contribution is 5.97. The largest absolute Gasteiger partial charge is 0.352 e. The van der Waals surface area contributed by atoms with Crippen LogP contribution in [0.5, 0.6) is 0 Å². The quantitative estimate of drug-likeness (QED) is 0.704. The number of carbonyl (C=O) groups excluding carboxylic acids is 2. The molecule has 1 aromatic carbocycles. The highest BCUT2D eigenvalue weighted by Gasteiger charge is 2.06. The van der Waals surface area contributed by atoms with Gasteiger partial charge in [-0.2, -0.15) is 0 Å². The molecule has 0 radical (unpaired) electrons. The van der Waals surface area contributed by atoms with Crippen LogP contribution in [0.25, 0.3) is 0 Å². The van der Waals surface area contributed by atoms with Crippen molar-refractivity contribution in [1.82, 2.24) is 10.6 Å². The number of rotatable bonds is 6. The van der Waals surface area contributed by atoms with Crippen molar-refractivity contribution in [2.24, 2.45) is 0 Å². The van der Waals surface area contributed by atoms with Gasteiger partial charge in [0.25, 0.3) is 5.91 Å². The molecule has 1 aromatic rings. The summed E-state index contributed by atoms with van der Waals surface area (Å²) in [6, 6.07) is 6.87. The molecule has 0 aliphatic heterocycles. The van der Waals surface area contributed by atoms with Crippen molar-refractivity contribution in [3.8, 4) is 0 Å². The van der Waals surface area contributed by atoms with Crippen LogP contribution < -0.4 is 16.0 Å². The second-order valence-electron chi connectivity index (χ2n) is 3.77. The highest BCUT2D eigenvalue weighted by Crippen LogP contribution is 2.10. The molecule has 0 spiro atoms. The smallest absolute Gasteiger partial charge is 0.251 e. The number of anilines is 1. The van der Waals surface area contributed by atoms with E-state index in [1.165, 1.54) is 0 Å². The van der Waals surface area contributed by atoms with Gasteiger partial charge in [0.15, 0.2) is 0 Å². The topological polar surface area (TPSA) is 70.2 Å². The van der Waals surface area contributed by atoms with Crippen LogP contribution in [0.4, 0.5) is 5.69 Å². The Labute approximate surface area is 107 Å². The summed E-state index contributed by atoms with van der Waals surface area (Å²) >= 11 is 0. The van der Waals surface area contributed by atoms with Gasteiger partial charge in [0, 0.05) is 17.8 Å². The first kappa shape index (κ1) is 14.2. The Morgan fingerprint density at radius 1 is 1.17 bits per heavy atom. The van der Waals surface area contributed by atoms with Gasteiger partial charge in [-0.3, -0.25) is 9.59 Å². The standard InChI is InChI=1S/C13H19N3O2/c1-3-14-9-12(17)16-11-7-5-6-10(8-11)13(18)15-4-2/h5-8,14H,3-4,9H2,1-2H3,(H,15,18)(H,16,17). The summed E-state index contributed by atoms with van der Waals surface area (Å²) in [4.78, 5) is 23.1. The second kappa shape index (κ2) is 7.45. The van der Waals surface area contributed by atoms with Gasteiger partial charge in [0.05, 0.1) is 6.54 Å². The molecule has 0 unspecified atom stereocenters. The fraction of sp³-hybridized carbons (Fsp3) is 0.385. The fourth-order valence-corrected chi connectivity index (χ4v) is 1.44. The van der Waals surface area contributed by atoms with E-state index in [-0.39, 0.29) is 18.4 Å². The summed E-state index contributed by atoms with van der Waals surface area (Å²) < 4.78 is 0. The molecule has 3 N–H and O–H groups in total. The van der Waals surface area contributed by atoms with E-state index in [1.54, 1.807) is 24.3 Å². The summed E-state index contributed by atoms with van der Waals surface area (Å²) in [5, 5.41) is 8.38. The maximum absolute atomic E-state index is 11.6. The molecule has 0 saturated heterocycles. The minimum absolute atomic E-state index is 0.120. The molecule has 0 saturated carbocycles. The van der Waals surface area contributed by atoms with E-state index in [0.717, 1.165) is 6.54 Å². The summed E-state index contributed by atoms with van der Waals surface area (Å²) in [7, 11) is 0. The first-order valence-electron chi connectivity index (χ1n) is 6.06. The predicted octanol–water partition coefficient (Wildman–Crippen LogP) is 0.984. The van der Waals surface area contributed by atoms with Gasteiger partial charge in [-0.1, -0.05) is 13.0 Å². The Morgan fingerprint density at radius 3 is 2.61 bits per heavy atom. The average Bonchev–Trinajstić information content (AvgIpc) is 2.37. The monoisotopic (exact) mass is 249 g/mol. The van der Waals surface area contributed by atoms with Crippen LogP contribution in [0, 0.1) is 0 Å². The van der Waals surface area contributed by atoms with E-state index < -0.39 is 0 Å². The second-order valence-corrected chi connectivity index (χ2v) is 3.77. The lowest BCUT2D eigenvalue weighted by atomic mass is 10.2. The number of benzene rings is 1. The Hall–Kier alpha value is -1.88. The third-order valence-corrected chi connectivity index (χ3v) is 2.28. The van der Waals surface area contributed by atoms with Crippen LogP contribution in [0.15, 0.2) is 24.3 Å². The molecular formula is C13H19N3O2. The van der Waals surface area contributed by atoms with E-state index in [2.05, 4.69) is 16.0 Å². The zero-order valence-corrected chi connectivity index (χ0v) is 10.7. The lowest BCUT2D eigenvalue weighted by molar-refractivity contribution is -0.115. The predicted molar refractivity (Wildman–Crippen MR) is 71.6 cm³/mol. The molecular weight excluding hydrogens is 230 g/mol. The summed E-state index contributed by atoms with van der Waals surface area (Å²) in [5.41, 5.74) is 1.17. The molecule has 0 aromatic heterocycles. The van der Waals surface area contributed by atoms with Crippen LogP contribution in [-0.4, -0.2) is 31.4 Å². The van der Waals surface area contributed by atoms with E-state index in [0.29, 0.717) is 17.8 Å². The molecule has 0 atom stereocenters. The van der Waals surface area contributed by atoms with Gasteiger partial charge in [-0.25, -0.2) is 0 Å². The maximum Gasteiger partial charge on any atom is 0.251 e. The highest BCUT2D eigenvalue weighted by atomic mass is 16.2. The minimum atomic E-state index is -0.139. The van der Waals surface area contributed by atoms with Crippen molar-refractivity contribution in [2.45, 2.75) is 13.8 Å². The van der Waals surface area contributed by atoms with Crippen LogP contribution >= 0.6 is 0 Å². The van der Waals surface area contributed by atoms with Crippen molar-refractivity contribution < 1.29 is 9.59 Å². The summed E-state index contributed by atoms with van der Waals surface area (Å²) in [6.45, 7) is 5.38. The molecule has 0 aliphatic carbocycles. The van der Waals surface area contributed by atoms with E-state index in [4.69, 9.17) is 0 Å². The third-order valence-electron chi connectivity index (χ3n) is 2.28. The normalized spacial score (nSPS) is 9.89. The average molecular weight is 249 g/mol. The molecule has 2 amide bonds. The number of hydrogen-bond acceptors (Lipinski definition) is 3. The van der Waals surface area contributed by atoms with E-state index in [1.807, 2.05) is 13.8 Å². The Kier molecular flexibility index (Phi) is 5.87.